The van der Waals surface area contributed by atoms with E-state index in [9.17, 15) is 14.9 Å². The van der Waals surface area contributed by atoms with Gasteiger partial charge in [-0.15, -0.1) is 0 Å². The average Bonchev–Trinajstić information content (AvgIpc) is 3.22. The number of nitrogens with zero attached hydrogens (tertiary/aromatic N) is 4. The van der Waals surface area contributed by atoms with E-state index in [4.69, 9.17) is 16.3 Å². The molecule has 1 amide bonds. The van der Waals surface area contributed by atoms with Gasteiger partial charge in [-0.1, -0.05) is 35.1 Å². The number of nitro groups is 1. The second-order valence-corrected chi connectivity index (χ2v) is 8.15. The Morgan fingerprint density at radius 1 is 1.25 bits per heavy atom. The number of nitro benzene ring substituents is 1. The number of ether oxygens (including phenoxy) is 1. The number of halogens is 1. The Morgan fingerprint density at radius 3 is 2.81 bits per heavy atom. The summed E-state index contributed by atoms with van der Waals surface area (Å²) < 4.78 is 6.50. The van der Waals surface area contributed by atoms with Gasteiger partial charge in [0.05, 0.1) is 22.8 Å². The Labute approximate surface area is 192 Å². The van der Waals surface area contributed by atoms with Crippen LogP contribution in [-0.2, 0) is 6.54 Å². The topological polar surface area (TPSA) is 98.5 Å². The summed E-state index contributed by atoms with van der Waals surface area (Å²) in [4.78, 5) is 34.7. The fourth-order valence-corrected chi connectivity index (χ4v) is 4.34. The van der Waals surface area contributed by atoms with E-state index in [2.05, 4.69) is 9.97 Å². The SMILES string of the molecule is CCOc1cccc2sc(N(Cc3cccnc3)C(=O)c3cc(Cl)ccc3[N+](=O)[O-])nc12. The molecule has 0 saturated heterocycles. The summed E-state index contributed by atoms with van der Waals surface area (Å²) in [7, 11) is 0. The van der Waals surface area contributed by atoms with E-state index in [1.165, 1.54) is 34.4 Å². The number of para-hydroxylation sites is 1. The minimum atomic E-state index is -0.600. The Hall–Kier alpha value is -3.56. The molecule has 2 aromatic carbocycles. The molecule has 4 rings (SSSR count). The van der Waals surface area contributed by atoms with Crippen molar-refractivity contribution in [2.24, 2.45) is 0 Å². The Balaban J connectivity index is 1.84. The molecule has 0 radical (unpaired) electrons. The highest BCUT2D eigenvalue weighted by Crippen LogP contribution is 2.36. The van der Waals surface area contributed by atoms with Crippen molar-refractivity contribution >= 4 is 49.9 Å². The third kappa shape index (κ3) is 4.39. The normalized spacial score (nSPS) is 10.8. The number of fused-ring (bicyclic) bond motifs is 1. The van der Waals surface area contributed by atoms with E-state index in [-0.39, 0.29) is 22.8 Å². The molecule has 0 aliphatic carbocycles. The first-order chi connectivity index (χ1) is 15.5. The van der Waals surface area contributed by atoms with Crippen molar-refractivity contribution in [2.45, 2.75) is 13.5 Å². The summed E-state index contributed by atoms with van der Waals surface area (Å²) in [6.07, 6.45) is 3.26. The maximum absolute atomic E-state index is 13.6. The molecule has 0 aliphatic heterocycles. The first-order valence-electron chi connectivity index (χ1n) is 9.65. The number of benzene rings is 2. The number of amides is 1. The Morgan fingerprint density at radius 2 is 2.09 bits per heavy atom. The monoisotopic (exact) mass is 468 g/mol. The summed E-state index contributed by atoms with van der Waals surface area (Å²) in [5.74, 6) is 0.0232. The van der Waals surface area contributed by atoms with Crippen molar-refractivity contribution in [3.63, 3.8) is 0 Å². The van der Waals surface area contributed by atoms with Crippen LogP contribution in [0.15, 0.2) is 60.9 Å². The lowest BCUT2D eigenvalue weighted by Crippen LogP contribution is -2.31. The van der Waals surface area contributed by atoms with Gasteiger partial charge in [0.2, 0.25) is 0 Å². The van der Waals surface area contributed by atoms with Crippen LogP contribution in [0.2, 0.25) is 5.02 Å². The van der Waals surface area contributed by atoms with Crippen molar-refractivity contribution in [3.8, 4) is 5.75 Å². The molecular weight excluding hydrogens is 452 g/mol. The van der Waals surface area contributed by atoms with Crippen LogP contribution in [0.5, 0.6) is 5.75 Å². The van der Waals surface area contributed by atoms with Crippen LogP contribution < -0.4 is 9.64 Å². The van der Waals surface area contributed by atoms with Crippen LogP contribution in [0.1, 0.15) is 22.8 Å². The van der Waals surface area contributed by atoms with Gasteiger partial charge in [-0.25, -0.2) is 4.98 Å². The van der Waals surface area contributed by atoms with Crippen LogP contribution in [0, 0.1) is 10.1 Å². The minimum Gasteiger partial charge on any atom is -0.492 e. The predicted octanol–water partition coefficient (Wildman–Crippen LogP) is 5.50. The fraction of sp³-hybridized carbons (Fsp3) is 0.136. The molecule has 8 nitrogen and oxygen atoms in total. The number of carbonyl (C=O) groups excluding carboxylic acids is 1. The van der Waals surface area contributed by atoms with E-state index < -0.39 is 10.8 Å². The number of aromatic nitrogens is 2. The van der Waals surface area contributed by atoms with Crippen molar-refractivity contribution < 1.29 is 14.5 Å². The maximum Gasteiger partial charge on any atom is 0.282 e. The van der Waals surface area contributed by atoms with Gasteiger partial charge in [0.25, 0.3) is 11.6 Å². The summed E-state index contributed by atoms with van der Waals surface area (Å²) in [5.41, 5.74) is 0.927. The van der Waals surface area contributed by atoms with Gasteiger partial charge in [-0.3, -0.25) is 24.8 Å². The van der Waals surface area contributed by atoms with E-state index in [0.717, 1.165) is 10.3 Å². The van der Waals surface area contributed by atoms with E-state index >= 15 is 0 Å². The first kappa shape index (κ1) is 21.7. The third-order valence-electron chi connectivity index (χ3n) is 4.60. The van der Waals surface area contributed by atoms with Gasteiger partial charge in [0.1, 0.15) is 16.8 Å². The van der Waals surface area contributed by atoms with E-state index in [1.807, 2.05) is 31.2 Å². The summed E-state index contributed by atoms with van der Waals surface area (Å²) in [6, 6.07) is 13.0. The van der Waals surface area contributed by atoms with Gasteiger partial charge in [0, 0.05) is 23.5 Å². The minimum absolute atomic E-state index is 0.115. The number of hydrogen-bond donors (Lipinski definition) is 0. The molecule has 0 bridgehead atoms. The molecule has 0 atom stereocenters. The van der Waals surface area contributed by atoms with Gasteiger partial charge in [0.15, 0.2) is 5.13 Å². The van der Waals surface area contributed by atoms with E-state index in [1.54, 1.807) is 18.5 Å². The number of thiazole rings is 1. The molecule has 0 unspecified atom stereocenters. The lowest BCUT2D eigenvalue weighted by molar-refractivity contribution is -0.385. The van der Waals surface area contributed by atoms with Crippen LogP contribution in [-0.4, -0.2) is 27.4 Å². The molecule has 0 N–H and O–H groups in total. The molecule has 162 valence electrons. The molecule has 0 spiro atoms. The lowest BCUT2D eigenvalue weighted by Gasteiger charge is -2.20. The summed E-state index contributed by atoms with van der Waals surface area (Å²) >= 11 is 7.36. The van der Waals surface area contributed by atoms with Crippen LogP contribution in [0.3, 0.4) is 0 Å². The molecule has 0 aliphatic rings. The zero-order valence-corrected chi connectivity index (χ0v) is 18.5. The van der Waals surface area contributed by atoms with E-state index in [0.29, 0.717) is 23.0 Å². The second kappa shape index (κ2) is 9.29. The van der Waals surface area contributed by atoms with Crippen molar-refractivity contribution in [1.29, 1.82) is 0 Å². The highest BCUT2D eigenvalue weighted by molar-refractivity contribution is 7.22. The molecule has 10 heteroatoms. The zero-order chi connectivity index (χ0) is 22.7. The van der Waals surface area contributed by atoms with Gasteiger partial charge >= 0.3 is 0 Å². The summed E-state index contributed by atoms with van der Waals surface area (Å²) in [6.45, 7) is 2.47. The Bertz CT molecular complexity index is 1300. The lowest BCUT2D eigenvalue weighted by atomic mass is 10.1. The van der Waals surface area contributed by atoms with Crippen LogP contribution in [0.4, 0.5) is 10.8 Å². The molecule has 2 aromatic heterocycles. The van der Waals surface area contributed by atoms with Crippen molar-refractivity contribution in [3.05, 3.63) is 87.2 Å². The van der Waals surface area contributed by atoms with Crippen LogP contribution >= 0.6 is 22.9 Å². The maximum atomic E-state index is 13.6. The third-order valence-corrected chi connectivity index (χ3v) is 5.87. The number of carbonyl (C=O) groups is 1. The number of anilines is 1. The van der Waals surface area contributed by atoms with Gasteiger partial charge in [-0.2, -0.15) is 0 Å². The Kier molecular flexibility index (Phi) is 6.29. The second-order valence-electron chi connectivity index (χ2n) is 6.70. The number of pyridine rings is 1. The number of hydrogen-bond acceptors (Lipinski definition) is 7. The first-order valence-corrected chi connectivity index (χ1v) is 10.8. The molecule has 0 fully saturated rings. The molecular formula is C22H17ClN4O4S. The highest BCUT2D eigenvalue weighted by Gasteiger charge is 2.28. The highest BCUT2D eigenvalue weighted by atomic mass is 35.5. The van der Waals surface area contributed by atoms with Crippen molar-refractivity contribution in [1.82, 2.24) is 9.97 Å². The summed E-state index contributed by atoms with van der Waals surface area (Å²) in [5, 5.41) is 12.2. The van der Waals surface area contributed by atoms with Crippen molar-refractivity contribution in [2.75, 3.05) is 11.5 Å². The van der Waals surface area contributed by atoms with Gasteiger partial charge < -0.3 is 4.74 Å². The fourth-order valence-electron chi connectivity index (χ4n) is 3.18. The molecule has 0 saturated carbocycles. The number of rotatable bonds is 7. The van der Waals surface area contributed by atoms with Gasteiger partial charge in [-0.05, 0) is 42.8 Å². The zero-order valence-electron chi connectivity index (χ0n) is 16.9. The average molecular weight is 469 g/mol. The molecule has 32 heavy (non-hydrogen) atoms. The molecule has 2 heterocycles. The standard InChI is InChI=1S/C22H17ClN4O4S/c1-2-31-18-6-3-7-19-20(18)25-22(32-19)26(13-14-5-4-10-24-12-14)21(28)16-11-15(23)8-9-17(16)27(29)30/h3-12H,2,13H2,1H3. The van der Waals surface area contributed by atoms with Crippen LogP contribution in [0.25, 0.3) is 10.2 Å². The predicted molar refractivity (Wildman–Crippen MR) is 124 cm³/mol. The smallest absolute Gasteiger partial charge is 0.282 e. The quantitative estimate of drug-likeness (QED) is 0.262. The molecule has 4 aromatic rings. The largest absolute Gasteiger partial charge is 0.492 e.